The lowest BCUT2D eigenvalue weighted by molar-refractivity contribution is -0.115. The predicted molar refractivity (Wildman–Crippen MR) is 134 cm³/mol. The van der Waals surface area contributed by atoms with Crippen LogP contribution in [0.3, 0.4) is 0 Å². The first kappa shape index (κ1) is 24.4. The van der Waals surface area contributed by atoms with Gasteiger partial charge in [0.1, 0.15) is 5.82 Å². The Bertz CT molecular complexity index is 1140. The number of thioether (sulfide) groups is 1. The molecule has 0 radical (unpaired) electrons. The number of amides is 1. The molecule has 2 unspecified atom stereocenters. The van der Waals surface area contributed by atoms with Crippen LogP contribution < -0.4 is 5.32 Å². The summed E-state index contributed by atoms with van der Waals surface area (Å²) in [6, 6.07) is 12.3. The van der Waals surface area contributed by atoms with Crippen molar-refractivity contribution in [3.8, 4) is 11.4 Å². The number of nitrogens with zero attached hydrogens (tertiary/aromatic N) is 3. The van der Waals surface area contributed by atoms with E-state index >= 15 is 0 Å². The minimum atomic E-state index is -0.395. The maximum atomic E-state index is 13.5. The lowest BCUT2D eigenvalue weighted by atomic mass is 9.98. The van der Waals surface area contributed by atoms with Crippen LogP contribution in [0.5, 0.6) is 0 Å². The Morgan fingerprint density at radius 2 is 1.97 bits per heavy atom. The number of para-hydroxylation sites is 1. The van der Waals surface area contributed by atoms with E-state index in [4.69, 9.17) is 4.74 Å². The van der Waals surface area contributed by atoms with Gasteiger partial charge in [-0.2, -0.15) is 0 Å². The largest absolute Gasteiger partial charge is 0.376 e. The van der Waals surface area contributed by atoms with Crippen LogP contribution >= 0.6 is 11.8 Å². The Balaban J connectivity index is 1.57. The number of hydrogen-bond donors (Lipinski definition) is 1. The number of halogens is 1. The molecule has 1 saturated heterocycles. The van der Waals surface area contributed by atoms with E-state index in [2.05, 4.69) is 35.4 Å². The van der Waals surface area contributed by atoms with Gasteiger partial charge in [-0.15, -0.1) is 10.2 Å². The Labute approximate surface area is 204 Å². The van der Waals surface area contributed by atoms with Crippen LogP contribution in [-0.2, 0) is 16.1 Å². The molecular formula is C26H31FN4O2S. The molecule has 0 bridgehead atoms. The second-order valence-corrected chi connectivity index (χ2v) is 10.3. The molecule has 0 spiro atoms. The van der Waals surface area contributed by atoms with Crippen molar-refractivity contribution in [3.63, 3.8) is 0 Å². The Kier molecular flexibility index (Phi) is 7.68. The number of carbonyl (C=O) groups is 1. The first-order valence-electron chi connectivity index (χ1n) is 11.7. The van der Waals surface area contributed by atoms with Gasteiger partial charge < -0.3 is 10.1 Å². The van der Waals surface area contributed by atoms with Crippen LogP contribution in [0.4, 0.5) is 10.1 Å². The number of rotatable bonds is 8. The van der Waals surface area contributed by atoms with Crippen molar-refractivity contribution < 1.29 is 13.9 Å². The number of anilines is 1. The molecule has 34 heavy (non-hydrogen) atoms. The molecule has 3 aromatic rings. The molecular weight excluding hydrogens is 451 g/mol. The van der Waals surface area contributed by atoms with Crippen LogP contribution in [0.1, 0.15) is 50.7 Å². The quantitative estimate of drug-likeness (QED) is 0.410. The van der Waals surface area contributed by atoms with E-state index in [1.54, 1.807) is 12.1 Å². The third kappa shape index (κ3) is 5.50. The van der Waals surface area contributed by atoms with Crippen LogP contribution in [-0.4, -0.2) is 38.6 Å². The minimum absolute atomic E-state index is 0.0687. The lowest BCUT2D eigenvalue weighted by Crippen LogP contribution is -2.25. The van der Waals surface area contributed by atoms with Gasteiger partial charge in [-0.05, 0) is 68.0 Å². The second-order valence-electron chi connectivity index (χ2n) is 9.00. The summed E-state index contributed by atoms with van der Waals surface area (Å²) in [5, 5.41) is 12.2. The number of nitrogens with one attached hydrogen (secondary N) is 1. The summed E-state index contributed by atoms with van der Waals surface area (Å²) in [4.78, 5) is 13.2. The molecule has 4 rings (SSSR count). The molecule has 1 fully saturated rings. The average Bonchev–Trinajstić information content (AvgIpc) is 3.46. The molecule has 0 saturated carbocycles. The summed E-state index contributed by atoms with van der Waals surface area (Å²) in [7, 11) is 0. The summed E-state index contributed by atoms with van der Waals surface area (Å²) >= 11 is 1.37. The number of ether oxygens (including phenoxy) is 1. The predicted octanol–water partition coefficient (Wildman–Crippen LogP) is 5.81. The topological polar surface area (TPSA) is 69.0 Å². The molecule has 1 aliphatic heterocycles. The maximum absolute atomic E-state index is 13.5. The maximum Gasteiger partial charge on any atom is 0.237 e. The third-order valence-corrected chi connectivity index (χ3v) is 7.14. The van der Waals surface area contributed by atoms with E-state index in [9.17, 15) is 9.18 Å². The smallest absolute Gasteiger partial charge is 0.237 e. The zero-order chi connectivity index (χ0) is 24.2. The standard InChI is InChI=1S/C26H31FN4O2S/c1-16(2)22-9-5-7-17(3)23(22)28-25(32)18(4)34-26-30-29-24(19-10-12-20(27)13-11-19)31(26)15-21-8-6-14-33-21/h5,7,9-13,16,18,21H,6,8,14-15H2,1-4H3,(H,28,32). The van der Waals surface area contributed by atoms with Gasteiger partial charge in [0.05, 0.1) is 17.9 Å². The molecule has 0 aliphatic carbocycles. The minimum Gasteiger partial charge on any atom is -0.376 e. The fourth-order valence-corrected chi connectivity index (χ4v) is 4.98. The Morgan fingerprint density at radius 3 is 2.65 bits per heavy atom. The van der Waals surface area contributed by atoms with E-state index < -0.39 is 5.25 Å². The third-order valence-electron chi connectivity index (χ3n) is 6.06. The van der Waals surface area contributed by atoms with Crippen LogP contribution in [0, 0.1) is 12.7 Å². The van der Waals surface area contributed by atoms with E-state index in [-0.39, 0.29) is 17.8 Å². The molecule has 8 heteroatoms. The van der Waals surface area contributed by atoms with E-state index in [1.807, 2.05) is 30.5 Å². The van der Waals surface area contributed by atoms with Gasteiger partial charge >= 0.3 is 0 Å². The second kappa shape index (κ2) is 10.7. The first-order chi connectivity index (χ1) is 16.3. The van der Waals surface area contributed by atoms with Crippen LogP contribution in [0.25, 0.3) is 11.4 Å². The van der Waals surface area contributed by atoms with Gasteiger partial charge in [-0.1, -0.05) is 43.8 Å². The highest BCUT2D eigenvalue weighted by Crippen LogP contribution is 2.31. The normalized spacial score (nSPS) is 16.7. The number of hydrogen-bond acceptors (Lipinski definition) is 5. The summed E-state index contributed by atoms with van der Waals surface area (Å²) in [5.74, 6) is 0.555. The highest BCUT2D eigenvalue weighted by atomic mass is 32.2. The number of carbonyl (C=O) groups excluding carboxylic acids is 1. The molecule has 1 aromatic heterocycles. The molecule has 1 N–H and O–H groups in total. The van der Waals surface area contributed by atoms with Crippen molar-refractivity contribution >= 4 is 23.4 Å². The monoisotopic (exact) mass is 482 g/mol. The van der Waals surface area contributed by atoms with Crippen molar-refractivity contribution in [2.24, 2.45) is 0 Å². The molecule has 1 aliphatic rings. The molecule has 2 atom stereocenters. The highest BCUT2D eigenvalue weighted by Gasteiger charge is 2.25. The van der Waals surface area contributed by atoms with Gasteiger partial charge in [-0.3, -0.25) is 9.36 Å². The summed E-state index contributed by atoms with van der Waals surface area (Å²) in [6.07, 6.45) is 2.06. The van der Waals surface area contributed by atoms with Gasteiger partial charge in [0.2, 0.25) is 5.91 Å². The fourth-order valence-electron chi connectivity index (χ4n) is 4.12. The van der Waals surface area contributed by atoms with E-state index in [0.29, 0.717) is 23.4 Å². The lowest BCUT2D eigenvalue weighted by Gasteiger charge is -2.19. The summed E-state index contributed by atoms with van der Waals surface area (Å²) < 4.78 is 21.3. The molecule has 1 amide bonds. The van der Waals surface area contributed by atoms with Crippen LogP contribution in [0.2, 0.25) is 0 Å². The van der Waals surface area contributed by atoms with E-state index in [0.717, 1.165) is 41.8 Å². The van der Waals surface area contributed by atoms with Gasteiger partial charge in [0, 0.05) is 17.9 Å². The summed E-state index contributed by atoms with van der Waals surface area (Å²) in [6.45, 7) is 9.45. The van der Waals surface area contributed by atoms with Crippen LogP contribution in [0.15, 0.2) is 47.6 Å². The fraction of sp³-hybridized carbons (Fsp3) is 0.423. The number of aryl methyl sites for hydroxylation is 1. The van der Waals surface area contributed by atoms with Crippen molar-refractivity contribution in [1.82, 2.24) is 14.8 Å². The average molecular weight is 483 g/mol. The van der Waals surface area contributed by atoms with Crippen molar-refractivity contribution in [3.05, 3.63) is 59.4 Å². The first-order valence-corrected chi connectivity index (χ1v) is 12.6. The molecule has 180 valence electrons. The Hall–Kier alpha value is -2.71. The van der Waals surface area contributed by atoms with Gasteiger partial charge in [0.15, 0.2) is 11.0 Å². The van der Waals surface area contributed by atoms with Gasteiger partial charge in [-0.25, -0.2) is 4.39 Å². The summed E-state index contributed by atoms with van der Waals surface area (Å²) in [5.41, 5.74) is 3.81. The SMILES string of the molecule is Cc1cccc(C(C)C)c1NC(=O)C(C)Sc1nnc(-c2ccc(F)cc2)n1CC1CCCO1. The number of benzene rings is 2. The van der Waals surface area contributed by atoms with E-state index in [1.165, 1.54) is 23.9 Å². The molecule has 2 heterocycles. The number of aromatic nitrogens is 3. The van der Waals surface area contributed by atoms with Gasteiger partial charge in [0.25, 0.3) is 0 Å². The Morgan fingerprint density at radius 1 is 1.21 bits per heavy atom. The zero-order valence-corrected chi connectivity index (χ0v) is 20.9. The zero-order valence-electron chi connectivity index (χ0n) is 20.0. The van der Waals surface area contributed by atoms with Crippen molar-refractivity contribution in [2.75, 3.05) is 11.9 Å². The van der Waals surface area contributed by atoms with Crippen molar-refractivity contribution in [1.29, 1.82) is 0 Å². The molecule has 6 nitrogen and oxygen atoms in total. The van der Waals surface area contributed by atoms with Crippen molar-refractivity contribution in [2.45, 2.75) is 69.5 Å². The highest BCUT2D eigenvalue weighted by molar-refractivity contribution is 8.00. The molecule has 2 aromatic carbocycles.